The molecule has 0 spiro atoms. The molecule has 2 aromatic rings. The van der Waals surface area contributed by atoms with Crippen LogP contribution in [0.1, 0.15) is 37.8 Å². The third-order valence-corrected chi connectivity index (χ3v) is 4.43. The highest BCUT2D eigenvalue weighted by molar-refractivity contribution is 5.84. The fourth-order valence-electron chi connectivity index (χ4n) is 2.97. The van der Waals surface area contributed by atoms with Crippen LogP contribution in [0.4, 0.5) is 0 Å². The highest BCUT2D eigenvalue weighted by Gasteiger charge is 2.38. The molecule has 1 aliphatic rings. The Balaban J connectivity index is 1.67. The Morgan fingerprint density at radius 3 is 2.60 bits per heavy atom. The Kier molecular flexibility index (Phi) is 4.88. The summed E-state index contributed by atoms with van der Waals surface area (Å²) in [7, 11) is 0. The van der Waals surface area contributed by atoms with E-state index in [1.54, 1.807) is 6.92 Å². The summed E-state index contributed by atoms with van der Waals surface area (Å²) in [5.41, 5.74) is 1.73. The summed E-state index contributed by atoms with van der Waals surface area (Å²) in [5, 5.41) is 9.20. The number of hydrogen-bond donors (Lipinski definition) is 1. The zero-order valence-electron chi connectivity index (χ0n) is 14.4. The molecular weight excluding hydrogens is 320 g/mol. The van der Waals surface area contributed by atoms with Crippen molar-refractivity contribution in [1.82, 2.24) is 9.88 Å². The van der Waals surface area contributed by atoms with E-state index < -0.39 is 12.0 Å². The van der Waals surface area contributed by atoms with E-state index in [2.05, 4.69) is 4.98 Å². The van der Waals surface area contributed by atoms with Crippen LogP contribution in [-0.4, -0.2) is 39.0 Å². The van der Waals surface area contributed by atoms with Crippen molar-refractivity contribution in [2.24, 2.45) is 0 Å². The summed E-state index contributed by atoms with van der Waals surface area (Å²) in [5.74, 6) is 0.0810. The van der Waals surface area contributed by atoms with Crippen LogP contribution in [0.2, 0.25) is 0 Å². The predicted molar refractivity (Wildman–Crippen MR) is 92.0 cm³/mol. The Morgan fingerprint density at radius 2 is 2.00 bits per heavy atom. The topological polar surface area (TPSA) is 83.6 Å². The molecule has 3 rings (SSSR count). The van der Waals surface area contributed by atoms with Gasteiger partial charge in [-0.25, -0.2) is 9.78 Å². The highest BCUT2D eigenvalue weighted by Crippen LogP contribution is 2.30. The molecular formula is C19H22N2O4. The molecule has 1 aromatic carbocycles. The van der Waals surface area contributed by atoms with Crippen LogP contribution in [0.5, 0.6) is 0 Å². The monoisotopic (exact) mass is 342 g/mol. The SMILES string of the molecule is Cc1nc(CCC(=O)N(C2CC2)C(C)C(=O)O)oc1-c1ccccc1. The lowest BCUT2D eigenvalue weighted by molar-refractivity contribution is -0.150. The first-order chi connectivity index (χ1) is 12.0. The molecule has 1 N–H and O–H groups in total. The molecule has 0 aliphatic heterocycles. The first-order valence-corrected chi connectivity index (χ1v) is 8.53. The second-order valence-corrected chi connectivity index (χ2v) is 6.43. The van der Waals surface area contributed by atoms with E-state index in [0.717, 1.165) is 24.1 Å². The molecule has 132 valence electrons. The molecule has 25 heavy (non-hydrogen) atoms. The normalized spacial score (nSPS) is 15.0. The van der Waals surface area contributed by atoms with Gasteiger partial charge in [0.15, 0.2) is 11.7 Å². The van der Waals surface area contributed by atoms with Gasteiger partial charge in [0.2, 0.25) is 5.91 Å². The van der Waals surface area contributed by atoms with Crippen LogP contribution < -0.4 is 0 Å². The Labute approximate surface area is 146 Å². The standard InChI is InChI=1S/C19H22N2O4/c1-12-18(14-6-4-3-5-7-14)25-16(20-12)10-11-17(22)21(15-8-9-15)13(2)19(23)24/h3-7,13,15H,8-11H2,1-2H3,(H,23,24). The zero-order chi connectivity index (χ0) is 18.0. The summed E-state index contributed by atoms with van der Waals surface area (Å²) in [6.07, 6.45) is 2.31. The maximum Gasteiger partial charge on any atom is 0.326 e. The van der Waals surface area contributed by atoms with Crippen molar-refractivity contribution in [1.29, 1.82) is 0 Å². The molecule has 0 bridgehead atoms. The number of oxazole rings is 1. The van der Waals surface area contributed by atoms with E-state index >= 15 is 0 Å². The molecule has 0 radical (unpaired) electrons. The van der Waals surface area contributed by atoms with E-state index in [0.29, 0.717) is 18.1 Å². The fourth-order valence-corrected chi connectivity index (χ4v) is 2.97. The average molecular weight is 342 g/mol. The molecule has 1 saturated carbocycles. The van der Waals surface area contributed by atoms with Crippen LogP contribution >= 0.6 is 0 Å². The van der Waals surface area contributed by atoms with Gasteiger partial charge >= 0.3 is 5.97 Å². The van der Waals surface area contributed by atoms with E-state index in [4.69, 9.17) is 4.42 Å². The molecule has 1 fully saturated rings. The zero-order valence-corrected chi connectivity index (χ0v) is 14.4. The summed E-state index contributed by atoms with van der Waals surface area (Å²) in [6, 6.07) is 8.96. The number of hydrogen-bond acceptors (Lipinski definition) is 4. The van der Waals surface area contributed by atoms with Gasteiger partial charge in [-0.2, -0.15) is 0 Å². The number of carbonyl (C=O) groups excluding carboxylic acids is 1. The predicted octanol–water partition coefficient (Wildman–Crippen LogP) is 3.05. The molecule has 6 heteroatoms. The molecule has 6 nitrogen and oxygen atoms in total. The van der Waals surface area contributed by atoms with Crippen molar-refractivity contribution in [3.05, 3.63) is 41.9 Å². The van der Waals surface area contributed by atoms with Crippen LogP contribution in [0.25, 0.3) is 11.3 Å². The number of carboxylic acid groups (broad SMARTS) is 1. The lowest BCUT2D eigenvalue weighted by Crippen LogP contribution is -2.44. The third-order valence-electron chi connectivity index (χ3n) is 4.43. The van der Waals surface area contributed by atoms with Gasteiger partial charge in [-0.1, -0.05) is 30.3 Å². The fraction of sp³-hybridized carbons (Fsp3) is 0.421. The second-order valence-electron chi connectivity index (χ2n) is 6.43. The Hall–Kier alpha value is -2.63. The largest absolute Gasteiger partial charge is 0.480 e. The van der Waals surface area contributed by atoms with Gasteiger partial charge in [0.1, 0.15) is 6.04 Å². The van der Waals surface area contributed by atoms with Crippen molar-refractivity contribution in [3.63, 3.8) is 0 Å². The minimum atomic E-state index is -0.974. The minimum absolute atomic E-state index is 0.0600. The van der Waals surface area contributed by atoms with E-state index in [1.165, 1.54) is 4.90 Å². The van der Waals surface area contributed by atoms with Gasteiger partial charge in [0, 0.05) is 24.4 Å². The molecule has 0 saturated heterocycles. The summed E-state index contributed by atoms with van der Waals surface area (Å²) in [4.78, 5) is 29.6. The molecule has 1 atom stereocenters. The Morgan fingerprint density at radius 1 is 1.32 bits per heavy atom. The summed E-state index contributed by atoms with van der Waals surface area (Å²) < 4.78 is 5.82. The smallest absolute Gasteiger partial charge is 0.326 e. The first kappa shape index (κ1) is 17.2. The van der Waals surface area contributed by atoms with Crippen molar-refractivity contribution < 1.29 is 19.1 Å². The molecule has 1 aliphatic carbocycles. The van der Waals surface area contributed by atoms with Gasteiger partial charge in [-0.3, -0.25) is 4.79 Å². The lowest BCUT2D eigenvalue weighted by Gasteiger charge is -2.26. The van der Waals surface area contributed by atoms with E-state index in [9.17, 15) is 14.7 Å². The lowest BCUT2D eigenvalue weighted by atomic mass is 10.1. The summed E-state index contributed by atoms with van der Waals surface area (Å²) >= 11 is 0. The van der Waals surface area contributed by atoms with Gasteiger partial charge in [0.05, 0.1) is 5.69 Å². The van der Waals surface area contributed by atoms with E-state index in [-0.39, 0.29) is 18.4 Å². The van der Waals surface area contributed by atoms with Crippen molar-refractivity contribution in [2.75, 3.05) is 0 Å². The van der Waals surface area contributed by atoms with Gasteiger partial charge in [-0.15, -0.1) is 0 Å². The number of carboxylic acids is 1. The minimum Gasteiger partial charge on any atom is -0.480 e. The first-order valence-electron chi connectivity index (χ1n) is 8.53. The molecule has 1 aromatic heterocycles. The van der Waals surface area contributed by atoms with Crippen LogP contribution in [0.15, 0.2) is 34.7 Å². The van der Waals surface area contributed by atoms with Gasteiger partial charge < -0.3 is 14.4 Å². The second kappa shape index (κ2) is 7.09. The molecule has 1 heterocycles. The Bertz CT molecular complexity index is 765. The van der Waals surface area contributed by atoms with Crippen molar-refractivity contribution in [2.45, 2.75) is 51.6 Å². The number of amides is 1. The van der Waals surface area contributed by atoms with Crippen LogP contribution in [-0.2, 0) is 16.0 Å². The highest BCUT2D eigenvalue weighted by atomic mass is 16.4. The third kappa shape index (κ3) is 3.90. The van der Waals surface area contributed by atoms with Gasteiger partial charge in [0.25, 0.3) is 0 Å². The number of aryl methyl sites for hydroxylation is 2. The van der Waals surface area contributed by atoms with Crippen molar-refractivity contribution in [3.8, 4) is 11.3 Å². The summed E-state index contributed by atoms with van der Waals surface area (Å²) in [6.45, 7) is 3.43. The number of carbonyl (C=O) groups is 2. The number of rotatable bonds is 7. The number of aromatic nitrogens is 1. The van der Waals surface area contributed by atoms with Crippen LogP contribution in [0.3, 0.4) is 0 Å². The molecule has 1 unspecified atom stereocenters. The number of benzene rings is 1. The van der Waals surface area contributed by atoms with Crippen LogP contribution in [0, 0.1) is 6.92 Å². The maximum atomic E-state index is 12.5. The number of aliphatic carboxylic acids is 1. The van der Waals surface area contributed by atoms with Crippen molar-refractivity contribution >= 4 is 11.9 Å². The number of nitrogens with zero attached hydrogens (tertiary/aromatic N) is 2. The maximum absolute atomic E-state index is 12.5. The quantitative estimate of drug-likeness (QED) is 0.836. The van der Waals surface area contributed by atoms with Gasteiger partial charge in [-0.05, 0) is 26.7 Å². The molecule has 1 amide bonds. The van der Waals surface area contributed by atoms with E-state index in [1.807, 2.05) is 37.3 Å². The average Bonchev–Trinajstić information content (AvgIpc) is 3.35.